The Morgan fingerprint density at radius 2 is 2.03 bits per heavy atom. The Hall–Kier alpha value is -2.03. The van der Waals surface area contributed by atoms with Crippen molar-refractivity contribution in [2.75, 3.05) is 11.1 Å². The van der Waals surface area contributed by atoms with Crippen molar-refractivity contribution >= 4 is 50.9 Å². The molecule has 6 nitrogen and oxygen atoms in total. The van der Waals surface area contributed by atoms with Crippen LogP contribution in [0, 0.1) is 0 Å². The fraction of sp³-hybridized carbons (Fsp3) is 0.250. The lowest BCUT2D eigenvalue weighted by Crippen LogP contribution is -2.15. The van der Waals surface area contributed by atoms with Gasteiger partial charge in [-0.3, -0.25) is 4.79 Å². The smallest absolute Gasteiger partial charge is 0.234 e. The Kier molecular flexibility index (Phi) is 7.57. The maximum Gasteiger partial charge on any atom is 0.234 e. The number of para-hydroxylation sites is 1. The van der Waals surface area contributed by atoms with E-state index < -0.39 is 0 Å². The summed E-state index contributed by atoms with van der Waals surface area (Å²) in [6.45, 7) is 4.62. The van der Waals surface area contributed by atoms with Crippen LogP contribution in [0.2, 0.25) is 5.02 Å². The zero-order valence-electron chi connectivity index (χ0n) is 15.9. The Bertz CT molecular complexity index is 984. The fourth-order valence-corrected chi connectivity index (χ4v) is 3.90. The summed E-state index contributed by atoms with van der Waals surface area (Å²) < 4.78 is 8.69. The van der Waals surface area contributed by atoms with Gasteiger partial charge in [-0.25, -0.2) is 0 Å². The number of rotatable bonds is 8. The highest BCUT2D eigenvalue weighted by Crippen LogP contribution is 2.27. The first-order valence-electron chi connectivity index (χ1n) is 9.00. The summed E-state index contributed by atoms with van der Waals surface area (Å²) in [6.07, 6.45) is -0.266. The van der Waals surface area contributed by atoms with Gasteiger partial charge in [-0.1, -0.05) is 41.6 Å². The molecule has 0 unspecified atom stereocenters. The first-order chi connectivity index (χ1) is 14.0. The third kappa shape index (κ3) is 5.74. The van der Waals surface area contributed by atoms with Crippen molar-refractivity contribution in [3.05, 3.63) is 63.9 Å². The van der Waals surface area contributed by atoms with Crippen molar-refractivity contribution in [2.45, 2.75) is 31.7 Å². The SMILES string of the molecule is CCn1c(SCC(=O)Nc2ccc(Br)c(Cl)c2)nnc1[C@H](C)Oc1ccccc1. The average Bonchev–Trinajstić information content (AvgIpc) is 3.13. The molecule has 0 saturated carbocycles. The molecular weight excluding hydrogens is 476 g/mol. The van der Waals surface area contributed by atoms with Crippen LogP contribution in [-0.4, -0.2) is 26.4 Å². The third-order valence-electron chi connectivity index (χ3n) is 4.02. The molecule has 0 fully saturated rings. The summed E-state index contributed by atoms with van der Waals surface area (Å²) in [6, 6.07) is 14.9. The van der Waals surface area contributed by atoms with E-state index in [0.717, 1.165) is 16.0 Å². The number of carbonyl (C=O) groups is 1. The van der Waals surface area contributed by atoms with Crippen LogP contribution in [-0.2, 0) is 11.3 Å². The lowest BCUT2D eigenvalue weighted by molar-refractivity contribution is -0.113. The minimum atomic E-state index is -0.266. The summed E-state index contributed by atoms with van der Waals surface area (Å²) in [5, 5.41) is 12.6. The largest absolute Gasteiger partial charge is 0.483 e. The molecule has 9 heteroatoms. The average molecular weight is 496 g/mol. The van der Waals surface area contributed by atoms with Gasteiger partial charge in [0.1, 0.15) is 5.75 Å². The molecule has 0 saturated heterocycles. The van der Waals surface area contributed by atoms with Gasteiger partial charge in [0, 0.05) is 16.7 Å². The molecule has 0 aliphatic rings. The van der Waals surface area contributed by atoms with Gasteiger partial charge < -0.3 is 14.6 Å². The first-order valence-corrected chi connectivity index (χ1v) is 11.2. The van der Waals surface area contributed by atoms with E-state index in [-0.39, 0.29) is 17.8 Å². The highest BCUT2D eigenvalue weighted by Gasteiger charge is 2.19. The van der Waals surface area contributed by atoms with Crippen molar-refractivity contribution in [2.24, 2.45) is 0 Å². The van der Waals surface area contributed by atoms with E-state index >= 15 is 0 Å². The van der Waals surface area contributed by atoms with E-state index in [1.807, 2.05) is 48.7 Å². The van der Waals surface area contributed by atoms with Gasteiger partial charge in [0.15, 0.2) is 17.1 Å². The summed E-state index contributed by atoms with van der Waals surface area (Å²) in [5.41, 5.74) is 0.645. The second kappa shape index (κ2) is 10.1. The number of benzene rings is 2. The minimum Gasteiger partial charge on any atom is -0.483 e. The predicted molar refractivity (Wildman–Crippen MR) is 120 cm³/mol. The van der Waals surface area contributed by atoms with Gasteiger partial charge in [-0.05, 0) is 60.1 Å². The summed E-state index contributed by atoms with van der Waals surface area (Å²) >= 11 is 10.7. The lowest BCUT2D eigenvalue weighted by Gasteiger charge is -2.15. The molecule has 1 atom stereocenters. The number of halogens is 2. The molecule has 3 rings (SSSR count). The summed E-state index contributed by atoms with van der Waals surface area (Å²) in [7, 11) is 0. The maximum atomic E-state index is 12.3. The number of carbonyl (C=O) groups excluding carboxylic acids is 1. The summed E-state index contributed by atoms with van der Waals surface area (Å²) in [5.74, 6) is 1.56. The van der Waals surface area contributed by atoms with E-state index in [2.05, 4.69) is 31.4 Å². The molecule has 0 aliphatic heterocycles. The number of hydrogen-bond acceptors (Lipinski definition) is 5. The Labute approximate surface area is 187 Å². The molecule has 1 N–H and O–H groups in total. The van der Waals surface area contributed by atoms with Crippen LogP contribution in [0.4, 0.5) is 5.69 Å². The molecule has 0 bridgehead atoms. The van der Waals surface area contributed by atoms with Crippen LogP contribution in [0.5, 0.6) is 5.75 Å². The molecule has 1 heterocycles. The van der Waals surface area contributed by atoms with Gasteiger partial charge in [-0.15, -0.1) is 10.2 Å². The fourth-order valence-electron chi connectivity index (χ4n) is 2.66. The van der Waals surface area contributed by atoms with Crippen LogP contribution >= 0.6 is 39.3 Å². The number of anilines is 1. The van der Waals surface area contributed by atoms with Gasteiger partial charge in [0.05, 0.1) is 10.8 Å². The number of ether oxygens (including phenoxy) is 1. The Morgan fingerprint density at radius 1 is 1.28 bits per heavy atom. The highest BCUT2D eigenvalue weighted by atomic mass is 79.9. The van der Waals surface area contributed by atoms with E-state index in [4.69, 9.17) is 16.3 Å². The molecule has 1 aromatic heterocycles. The van der Waals surface area contributed by atoms with Crippen LogP contribution in [0.15, 0.2) is 58.2 Å². The molecule has 0 radical (unpaired) electrons. The second-order valence-corrected chi connectivity index (χ2v) is 8.33. The number of aromatic nitrogens is 3. The number of thioether (sulfide) groups is 1. The molecule has 1 amide bonds. The first kappa shape index (κ1) is 21.7. The molecule has 29 heavy (non-hydrogen) atoms. The summed E-state index contributed by atoms with van der Waals surface area (Å²) in [4.78, 5) is 12.3. The maximum absolute atomic E-state index is 12.3. The lowest BCUT2D eigenvalue weighted by atomic mass is 10.3. The van der Waals surface area contributed by atoms with Crippen molar-refractivity contribution in [3.8, 4) is 5.75 Å². The number of nitrogens with zero attached hydrogens (tertiary/aromatic N) is 3. The van der Waals surface area contributed by atoms with Crippen molar-refractivity contribution in [3.63, 3.8) is 0 Å². The number of amides is 1. The van der Waals surface area contributed by atoms with E-state index in [0.29, 0.717) is 22.4 Å². The van der Waals surface area contributed by atoms with Crippen LogP contribution < -0.4 is 10.1 Å². The quantitative estimate of drug-likeness (QED) is 0.413. The van der Waals surface area contributed by atoms with Gasteiger partial charge in [0.2, 0.25) is 5.91 Å². The number of hydrogen-bond donors (Lipinski definition) is 1. The Balaban J connectivity index is 1.62. The predicted octanol–water partition coefficient (Wildman–Crippen LogP) is 5.58. The van der Waals surface area contributed by atoms with E-state index in [9.17, 15) is 4.79 Å². The van der Waals surface area contributed by atoms with Crippen LogP contribution in [0.25, 0.3) is 0 Å². The third-order valence-corrected chi connectivity index (χ3v) is 6.22. The van der Waals surface area contributed by atoms with Crippen molar-refractivity contribution in [1.29, 1.82) is 0 Å². The van der Waals surface area contributed by atoms with E-state index in [1.165, 1.54) is 11.8 Å². The Morgan fingerprint density at radius 3 is 2.72 bits per heavy atom. The topological polar surface area (TPSA) is 69.0 Å². The number of nitrogens with one attached hydrogen (secondary N) is 1. The minimum absolute atomic E-state index is 0.144. The molecule has 152 valence electrons. The molecule has 2 aromatic carbocycles. The molecule has 0 aliphatic carbocycles. The van der Waals surface area contributed by atoms with Gasteiger partial charge in [-0.2, -0.15) is 0 Å². The van der Waals surface area contributed by atoms with Crippen LogP contribution in [0.3, 0.4) is 0 Å². The molecule has 3 aromatic rings. The highest BCUT2D eigenvalue weighted by molar-refractivity contribution is 9.10. The van der Waals surface area contributed by atoms with Gasteiger partial charge >= 0.3 is 0 Å². The second-order valence-electron chi connectivity index (χ2n) is 6.12. The van der Waals surface area contributed by atoms with E-state index in [1.54, 1.807) is 18.2 Å². The van der Waals surface area contributed by atoms with Gasteiger partial charge in [0.25, 0.3) is 0 Å². The van der Waals surface area contributed by atoms with Crippen LogP contribution in [0.1, 0.15) is 25.8 Å². The normalized spacial score (nSPS) is 11.9. The molecule has 0 spiro atoms. The van der Waals surface area contributed by atoms with Crippen molar-refractivity contribution < 1.29 is 9.53 Å². The molecular formula is C20H20BrClN4O2S. The zero-order chi connectivity index (χ0) is 20.8. The van der Waals surface area contributed by atoms with Crippen molar-refractivity contribution in [1.82, 2.24) is 14.8 Å². The zero-order valence-corrected chi connectivity index (χ0v) is 19.1. The monoisotopic (exact) mass is 494 g/mol. The standard InChI is InChI=1S/C20H20BrClN4O2S/c1-3-26-19(13(2)28-15-7-5-4-6-8-15)24-25-20(26)29-12-18(27)23-14-9-10-16(21)17(22)11-14/h4-11,13H,3,12H2,1-2H3,(H,23,27)/t13-/m0/s1.